The number of carbonyl (C=O) groups excluding carboxylic acids is 2. The average molecular weight is 365 g/mol. The van der Waals surface area contributed by atoms with Crippen molar-refractivity contribution in [1.82, 2.24) is 19.9 Å². The van der Waals surface area contributed by atoms with Gasteiger partial charge in [0.2, 0.25) is 5.91 Å². The normalized spacial score (nSPS) is 16.1. The molecule has 0 saturated carbocycles. The minimum absolute atomic E-state index is 0.0515. The van der Waals surface area contributed by atoms with Crippen molar-refractivity contribution < 1.29 is 14.3 Å². The smallest absolute Gasteiger partial charge is 0.268 e. The number of pyridine rings is 1. The quantitative estimate of drug-likeness (QED) is 0.734. The number of aromatic nitrogens is 3. The number of nitrogens with one attached hydrogen (secondary N) is 1. The molecule has 0 spiro atoms. The van der Waals surface area contributed by atoms with Crippen molar-refractivity contribution >= 4 is 23.1 Å². The number of amides is 2. The van der Waals surface area contributed by atoms with Crippen LogP contribution in [0.3, 0.4) is 0 Å². The number of ether oxygens (including phenoxy) is 1. The third kappa shape index (κ3) is 3.33. The van der Waals surface area contributed by atoms with Crippen LogP contribution in [-0.2, 0) is 16.0 Å². The Bertz CT molecular complexity index is 1000. The summed E-state index contributed by atoms with van der Waals surface area (Å²) in [5, 5.41) is 11.1. The Kier molecular flexibility index (Phi) is 4.45. The molecule has 1 aliphatic heterocycles. The Morgan fingerprint density at radius 1 is 1.19 bits per heavy atom. The van der Waals surface area contributed by atoms with Crippen molar-refractivity contribution in [3.63, 3.8) is 0 Å². The summed E-state index contributed by atoms with van der Waals surface area (Å²) in [5.41, 5.74) is 1.38. The van der Waals surface area contributed by atoms with Gasteiger partial charge in [-0.2, -0.15) is 0 Å². The molecule has 1 unspecified atom stereocenters. The fourth-order valence-corrected chi connectivity index (χ4v) is 3.10. The number of benzene rings is 1. The minimum atomic E-state index is -0.616. The predicted molar refractivity (Wildman–Crippen MR) is 98.6 cm³/mol. The van der Waals surface area contributed by atoms with Crippen molar-refractivity contribution in [3.05, 3.63) is 54.5 Å². The fraction of sp³-hybridized carbons (Fsp3) is 0.263. The number of carbonyl (C=O) groups is 2. The van der Waals surface area contributed by atoms with Crippen LogP contribution in [-0.4, -0.2) is 45.6 Å². The first-order chi connectivity index (χ1) is 13.1. The molecule has 1 aliphatic rings. The lowest BCUT2D eigenvalue weighted by molar-refractivity contribution is -0.128. The van der Waals surface area contributed by atoms with Gasteiger partial charge in [0.15, 0.2) is 11.8 Å². The van der Waals surface area contributed by atoms with Crippen LogP contribution < -0.4 is 15.0 Å². The van der Waals surface area contributed by atoms with Gasteiger partial charge >= 0.3 is 0 Å². The van der Waals surface area contributed by atoms with E-state index in [2.05, 4.69) is 15.5 Å². The van der Waals surface area contributed by atoms with Gasteiger partial charge in [-0.05, 0) is 31.2 Å². The molecule has 27 heavy (non-hydrogen) atoms. The highest BCUT2D eigenvalue weighted by Gasteiger charge is 2.32. The highest BCUT2D eigenvalue weighted by atomic mass is 16.5. The topological polar surface area (TPSA) is 88.8 Å². The SMILES string of the molecule is CC1Oc2ccccc2N(CC(=O)NCCc2nnc3ccccn23)C1=O. The number of hydrogen-bond acceptors (Lipinski definition) is 5. The fourth-order valence-electron chi connectivity index (χ4n) is 3.10. The third-order valence-electron chi connectivity index (χ3n) is 4.43. The molecule has 4 rings (SSSR count). The molecule has 2 aromatic heterocycles. The summed E-state index contributed by atoms with van der Waals surface area (Å²) in [6.07, 6.45) is 1.81. The van der Waals surface area contributed by atoms with E-state index in [1.165, 1.54) is 4.90 Å². The lowest BCUT2D eigenvalue weighted by Crippen LogP contribution is -2.49. The zero-order valence-electron chi connectivity index (χ0n) is 14.8. The highest BCUT2D eigenvalue weighted by Crippen LogP contribution is 2.33. The van der Waals surface area contributed by atoms with Gasteiger partial charge in [0.05, 0.1) is 5.69 Å². The summed E-state index contributed by atoms with van der Waals surface area (Å²) in [7, 11) is 0. The third-order valence-corrected chi connectivity index (χ3v) is 4.43. The summed E-state index contributed by atoms with van der Waals surface area (Å²) in [6.45, 7) is 2.04. The van der Waals surface area contributed by atoms with Gasteiger partial charge < -0.3 is 10.1 Å². The number of rotatable bonds is 5. The van der Waals surface area contributed by atoms with E-state index in [1.54, 1.807) is 19.1 Å². The van der Waals surface area contributed by atoms with Crippen LogP contribution >= 0.6 is 0 Å². The van der Waals surface area contributed by atoms with Crippen LogP contribution in [0.4, 0.5) is 5.69 Å². The van der Waals surface area contributed by atoms with E-state index in [0.29, 0.717) is 24.4 Å². The summed E-state index contributed by atoms with van der Waals surface area (Å²) >= 11 is 0. The second kappa shape index (κ2) is 7.06. The number of anilines is 1. The molecule has 3 aromatic rings. The zero-order valence-corrected chi connectivity index (χ0v) is 14.8. The molecule has 0 bridgehead atoms. The molecule has 0 aliphatic carbocycles. The summed E-state index contributed by atoms with van der Waals surface area (Å²) in [5.74, 6) is 0.910. The Morgan fingerprint density at radius 3 is 2.89 bits per heavy atom. The molecule has 1 N–H and O–H groups in total. The number of nitrogens with zero attached hydrogens (tertiary/aromatic N) is 4. The molecular formula is C19H19N5O3. The van der Waals surface area contributed by atoms with E-state index < -0.39 is 6.10 Å². The second-order valence-corrected chi connectivity index (χ2v) is 6.30. The molecule has 8 nitrogen and oxygen atoms in total. The Hall–Kier alpha value is -3.42. The maximum Gasteiger partial charge on any atom is 0.268 e. The van der Waals surface area contributed by atoms with Gasteiger partial charge in [0, 0.05) is 19.2 Å². The van der Waals surface area contributed by atoms with Crippen LogP contribution in [0.15, 0.2) is 48.7 Å². The van der Waals surface area contributed by atoms with Gasteiger partial charge in [-0.1, -0.05) is 18.2 Å². The standard InChI is InChI=1S/C19H19N5O3/c1-13-19(26)24(14-6-2-3-7-15(14)27-13)12-18(25)20-10-9-17-22-21-16-8-4-5-11-23(16)17/h2-8,11,13H,9-10,12H2,1H3,(H,20,25). The average Bonchev–Trinajstić information content (AvgIpc) is 3.09. The summed E-state index contributed by atoms with van der Waals surface area (Å²) < 4.78 is 7.47. The van der Waals surface area contributed by atoms with Crippen LogP contribution in [0.2, 0.25) is 0 Å². The van der Waals surface area contributed by atoms with Crippen molar-refractivity contribution in [2.45, 2.75) is 19.4 Å². The van der Waals surface area contributed by atoms with Crippen molar-refractivity contribution in [1.29, 1.82) is 0 Å². The molecular weight excluding hydrogens is 346 g/mol. The van der Waals surface area contributed by atoms with Gasteiger partial charge in [-0.15, -0.1) is 10.2 Å². The minimum Gasteiger partial charge on any atom is -0.479 e. The molecule has 0 fully saturated rings. The van der Waals surface area contributed by atoms with Gasteiger partial charge in [-0.25, -0.2) is 0 Å². The predicted octanol–water partition coefficient (Wildman–Crippen LogP) is 1.20. The van der Waals surface area contributed by atoms with E-state index in [1.807, 2.05) is 40.9 Å². The summed E-state index contributed by atoms with van der Waals surface area (Å²) in [4.78, 5) is 26.3. The molecule has 0 saturated heterocycles. The van der Waals surface area contributed by atoms with Crippen LogP contribution in [0.5, 0.6) is 5.75 Å². The van der Waals surface area contributed by atoms with E-state index in [0.717, 1.165) is 11.5 Å². The molecule has 3 heterocycles. The van der Waals surface area contributed by atoms with Crippen LogP contribution in [0.25, 0.3) is 5.65 Å². The molecule has 0 radical (unpaired) electrons. The van der Waals surface area contributed by atoms with Crippen molar-refractivity contribution in [3.8, 4) is 5.75 Å². The van der Waals surface area contributed by atoms with E-state index >= 15 is 0 Å². The number of para-hydroxylation sites is 2. The van der Waals surface area contributed by atoms with E-state index in [4.69, 9.17) is 4.74 Å². The molecule has 138 valence electrons. The zero-order chi connectivity index (χ0) is 18.8. The number of fused-ring (bicyclic) bond motifs is 2. The lowest BCUT2D eigenvalue weighted by Gasteiger charge is -2.32. The molecule has 8 heteroatoms. The van der Waals surface area contributed by atoms with Crippen molar-refractivity contribution in [2.75, 3.05) is 18.0 Å². The monoisotopic (exact) mass is 365 g/mol. The summed E-state index contributed by atoms with van der Waals surface area (Å²) in [6, 6.07) is 12.9. The maximum atomic E-state index is 12.4. The Morgan fingerprint density at radius 2 is 2.00 bits per heavy atom. The highest BCUT2D eigenvalue weighted by molar-refractivity contribution is 6.03. The molecule has 1 atom stereocenters. The number of hydrogen-bond donors (Lipinski definition) is 1. The van der Waals surface area contributed by atoms with Gasteiger partial charge in [0.1, 0.15) is 18.1 Å². The largest absolute Gasteiger partial charge is 0.479 e. The Balaban J connectivity index is 1.39. The molecule has 2 amide bonds. The van der Waals surface area contributed by atoms with Crippen LogP contribution in [0, 0.1) is 0 Å². The van der Waals surface area contributed by atoms with Gasteiger partial charge in [-0.3, -0.25) is 18.9 Å². The first kappa shape index (κ1) is 17.0. The Labute approximate surface area is 155 Å². The van der Waals surface area contributed by atoms with Crippen molar-refractivity contribution in [2.24, 2.45) is 0 Å². The van der Waals surface area contributed by atoms with Gasteiger partial charge in [0.25, 0.3) is 5.91 Å². The lowest BCUT2D eigenvalue weighted by atomic mass is 10.2. The van der Waals surface area contributed by atoms with E-state index in [9.17, 15) is 9.59 Å². The molecule has 1 aromatic carbocycles. The first-order valence-corrected chi connectivity index (χ1v) is 8.76. The van der Waals surface area contributed by atoms with Crippen LogP contribution in [0.1, 0.15) is 12.7 Å². The second-order valence-electron chi connectivity index (χ2n) is 6.30. The first-order valence-electron chi connectivity index (χ1n) is 8.76. The maximum absolute atomic E-state index is 12.4. The van der Waals surface area contributed by atoms with E-state index in [-0.39, 0.29) is 18.4 Å².